The van der Waals surface area contributed by atoms with Gasteiger partial charge in [-0.3, -0.25) is 4.79 Å². The van der Waals surface area contributed by atoms with Gasteiger partial charge in [0.2, 0.25) is 5.52 Å². The van der Waals surface area contributed by atoms with Gasteiger partial charge in [-0.05, 0) is 18.4 Å². The van der Waals surface area contributed by atoms with Crippen molar-refractivity contribution in [3.63, 3.8) is 0 Å². The molecule has 0 amide bonds. The van der Waals surface area contributed by atoms with Gasteiger partial charge < -0.3 is 5.32 Å². The molecule has 0 saturated heterocycles. The summed E-state index contributed by atoms with van der Waals surface area (Å²) in [4.78, 5) is 16.1. The van der Waals surface area contributed by atoms with Gasteiger partial charge in [0.25, 0.3) is 0 Å². The zero-order chi connectivity index (χ0) is 14.3. The lowest BCUT2D eigenvalue weighted by molar-refractivity contribution is -0.360. The molecule has 20 heavy (non-hydrogen) atoms. The van der Waals surface area contributed by atoms with Gasteiger partial charge in [-0.2, -0.15) is 0 Å². The highest BCUT2D eigenvalue weighted by Crippen LogP contribution is 2.38. The first-order valence-corrected chi connectivity index (χ1v) is 7.26. The third-order valence-electron chi connectivity index (χ3n) is 3.96. The zero-order valence-electron chi connectivity index (χ0n) is 12.3. The van der Waals surface area contributed by atoms with Crippen molar-refractivity contribution in [3.05, 3.63) is 35.5 Å². The first-order valence-electron chi connectivity index (χ1n) is 7.26. The number of Topliss-reactive ketones (excluding diaryl/α,β-unsaturated/α-hetero) is 1. The van der Waals surface area contributed by atoms with Crippen LogP contribution in [-0.2, 0) is 6.42 Å². The molecule has 0 saturated carbocycles. The number of pyridine rings is 1. The number of para-hydroxylation sites is 1. The largest absolute Gasteiger partial charge is 0.384 e. The van der Waals surface area contributed by atoms with Gasteiger partial charge in [0, 0.05) is 25.5 Å². The number of carbonyl (C=O) groups excluding carboxylic acids is 1. The lowest BCUT2D eigenvalue weighted by atomic mass is 9.75. The predicted octanol–water partition coefficient (Wildman–Crippen LogP) is 3.24. The maximum Gasteiger partial charge on any atom is 0.213 e. The molecule has 0 radical (unpaired) electrons. The lowest BCUT2D eigenvalue weighted by Gasteiger charge is -2.28. The number of nitrogens with one attached hydrogen (secondary N) is 2. The molecule has 1 aliphatic rings. The molecular formula is C17H21N2O+. The normalized spacial score (nSPS) is 17.1. The minimum Gasteiger partial charge on any atom is -0.384 e. The van der Waals surface area contributed by atoms with Crippen LogP contribution in [0.3, 0.4) is 0 Å². The Morgan fingerprint density at radius 2 is 2.00 bits per heavy atom. The zero-order valence-corrected chi connectivity index (χ0v) is 12.3. The summed E-state index contributed by atoms with van der Waals surface area (Å²) in [6.07, 6.45) is 1.53. The average molecular weight is 269 g/mol. The van der Waals surface area contributed by atoms with E-state index in [1.807, 2.05) is 12.1 Å². The molecule has 0 bridgehead atoms. The third-order valence-corrected chi connectivity index (χ3v) is 3.96. The number of ketones is 1. The fourth-order valence-corrected chi connectivity index (χ4v) is 3.19. The number of rotatable bonds is 2. The summed E-state index contributed by atoms with van der Waals surface area (Å²) in [5, 5.41) is 4.49. The molecular weight excluding hydrogens is 248 g/mol. The van der Waals surface area contributed by atoms with Gasteiger partial charge in [-0.25, -0.2) is 4.98 Å². The van der Waals surface area contributed by atoms with Crippen molar-refractivity contribution in [3.8, 4) is 0 Å². The second-order valence-corrected chi connectivity index (χ2v) is 6.37. The number of fused-ring (bicyclic) bond motifs is 2. The molecule has 1 heterocycles. The van der Waals surface area contributed by atoms with Gasteiger partial charge in [0.15, 0.2) is 11.5 Å². The van der Waals surface area contributed by atoms with Crippen LogP contribution in [0, 0.1) is 5.41 Å². The SMILES string of the molecule is CCNc1c2c([nH+]c3ccccc13)CC(C)(C)CC2=O. The molecule has 3 rings (SSSR count). The molecule has 1 aliphatic carbocycles. The fraction of sp³-hybridized carbons (Fsp3) is 0.412. The van der Waals surface area contributed by atoms with E-state index in [0.717, 1.165) is 40.8 Å². The highest BCUT2D eigenvalue weighted by molar-refractivity contribution is 6.09. The number of aromatic nitrogens is 1. The van der Waals surface area contributed by atoms with E-state index in [1.54, 1.807) is 0 Å². The Bertz CT molecular complexity index is 689. The second kappa shape index (κ2) is 4.58. The topological polar surface area (TPSA) is 43.2 Å². The van der Waals surface area contributed by atoms with E-state index in [-0.39, 0.29) is 11.2 Å². The smallest absolute Gasteiger partial charge is 0.213 e. The Morgan fingerprint density at radius 3 is 2.75 bits per heavy atom. The number of carbonyl (C=O) groups is 1. The molecule has 1 aromatic heterocycles. The minimum atomic E-state index is 0.0343. The molecule has 0 unspecified atom stereocenters. The van der Waals surface area contributed by atoms with Crippen molar-refractivity contribution >= 4 is 22.4 Å². The molecule has 0 fully saturated rings. The highest BCUT2D eigenvalue weighted by atomic mass is 16.1. The first kappa shape index (κ1) is 13.1. The Kier molecular flexibility index (Phi) is 3.00. The third kappa shape index (κ3) is 2.07. The van der Waals surface area contributed by atoms with Crippen molar-refractivity contribution in [2.24, 2.45) is 5.41 Å². The van der Waals surface area contributed by atoms with E-state index in [1.165, 1.54) is 0 Å². The summed E-state index contributed by atoms with van der Waals surface area (Å²) in [5.41, 5.74) is 4.06. The molecule has 3 heteroatoms. The monoisotopic (exact) mass is 269 g/mol. The molecule has 0 aliphatic heterocycles. The molecule has 2 aromatic rings. The van der Waals surface area contributed by atoms with E-state index in [2.05, 4.69) is 43.2 Å². The summed E-state index contributed by atoms with van der Waals surface area (Å²) in [5.74, 6) is 0.245. The van der Waals surface area contributed by atoms with Crippen LogP contribution in [0.4, 0.5) is 5.69 Å². The first-order chi connectivity index (χ1) is 9.52. The number of benzene rings is 1. The van der Waals surface area contributed by atoms with Gasteiger partial charge in [0.05, 0.1) is 11.1 Å². The summed E-state index contributed by atoms with van der Waals surface area (Å²) in [6.45, 7) is 7.19. The van der Waals surface area contributed by atoms with Gasteiger partial charge in [-0.1, -0.05) is 26.0 Å². The maximum atomic E-state index is 12.6. The Labute approximate surface area is 119 Å². The van der Waals surface area contributed by atoms with E-state index in [9.17, 15) is 4.79 Å². The molecule has 0 spiro atoms. The van der Waals surface area contributed by atoms with Gasteiger partial charge in [-0.15, -0.1) is 0 Å². The summed E-state index contributed by atoms with van der Waals surface area (Å²) < 4.78 is 0. The van der Waals surface area contributed by atoms with Gasteiger partial charge >= 0.3 is 0 Å². The van der Waals surface area contributed by atoms with E-state index in [0.29, 0.717) is 6.42 Å². The van der Waals surface area contributed by atoms with Crippen LogP contribution in [0.25, 0.3) is 10.9 Å². The summed E-state index contributed by atoms with van der Waals surface area (Å²) >= 11 is 0. The van der Waals surface area contributed by atoms with Crippen LogP contribution >= 0.6 is 0 Å². The van der Waals surface area contributed by atoms with Crippen LogP contribution in [0.5, 0.6) is 0 Å². The minimum absolute atomic E-state index is 0.0343. The quantitative estimate of drug-likeness (QED) is 0.909. The van der Waals surface area contributed by atoms with Crippen molar-refractivity contribution in [2.45, 2.75) is 33.6 Å². The lowest BCUT2D eigenvalue weighted by Crippen LogP contribution is -2.33. The number of H-pyrrole nitrogens is 1. The van der Waals surface area contributed by atoms with Crippen molar-refractivity contribution in [2.75, 3.05) is 11.9 Å². The van der Waals surface area contributed by atoms with Crippen LogP contribution in [0.15, 0.2) is 24.3 Å². The molecule has 3 nitrogen and oxygen atoms in total. The summed E-state index contributed by atoms with van der Waals surface area (Å²) in [6, 6.07) is 8.18. The van der Waals surface area contributed by atoms with Gasteiger partial charge in [0.1, 0.15) is 5.56 Å². The number of hydrogen-bond acceptors (Lipinski definition) is 2. The van der Waals surface area contributed by atoms with E-state index >= 15 is 0 Å². The number of anilines is 1. The molecule has 1 aromatic carbocycles. The molecule has 0 atom stereocenters. The molecule has 104 valence electrons. The maximum absolute atomic E-state index is 12.6. The summed E-state index contributed by atoms with van der Waals surface area (Å²) in [7, 11) is 0. The Morgan fingerprint density at radius 1 is 1.25 bits per heavy atom. The van der Waals surface area contributed by atoms with Crippen molar-refractivity contribution < 1.29 is 9.78 Å². The Hall–Kier alpha value is -1.90. The van der Waals surface area contributed by atoms with Crippen LogP contribution in [0.1, 0.15) is 43.2 Å². The van der Waals surface area contributed by atoms with Crippen molar-refractivity contribution in [1.82, 2.24) is 0 Å². The highest BCUT2D eigenvalue weighted by Gasteiger charge is 2.37. The van der Waals surface area contributed by atoms with Crippen molar-refractivity contribution in [1.29, 1.82) is 0 Å². The van der Waals surface area contributed by atoms with E-state index in [4.69, 9.17) is 0 Å². The predicted molar refractivity (Wildman–Crippen MR) is 81.1 cm³/mol. The average Bonchev–Trinajstić information content (AvgIpc) is 2.36. The Balaban J connectivity index is 2.31. The number of hydrogen-bond donors (Lipinski definition) is 1. The fourth-order valence-electron chi connectivity index (χ4n) is 3.19. The van der Waals surface area contributed by atoms with Crippen LogP contribution in [-0.4, -0.2) is 12.3 Å². The second-order valence-electron chi connectivity index (χ2n) is 6.37. The van der Waals surface area contributed by atoms with Crippen LogP contribution < -0.4 is 10.3 Å². The van der Waals surface area contributed by atoms with E-state index < -0.39 is 0 Å². The molecule has 2 N–H and O–H groups in total. The van der Waals surface area contributed by atoms with Crippen LogP contribution in [0.2, 0.25) is 0 Å². The number of aromatic amines is 1. The standard InChI is InChI=1S/C17H20N2O/c1-4-18-16-11-7-5-6-8-12(11)19-13-9-17(2,3)10-14(20)15(13)16/h5-8H,4,9-10H2,1-3H3,(H,18,19)/p+1.